The third kappa shape index (κ3) is 2.01. The molecule has 100 valence electrons. The molecule has 0 fully saturated rings. The molecular formula is C14H20BrNO2. The van der Waals surface area contributed by atoms with E-state index in [1.54, 1.807) is 14.2 Å². The predicted octanol–water partition coefficient (Wildman–Crippen LogP) is 3.37. The minimum absolute atomic E-state index is 0.351. The average molecular weight is 314 g/mol. The monoisotopic (exact) mass is 313 g/mol. The Labute approximate surface area is 117 Å². The summed E-state index contributed by atoms with van der Waals surface area (Å²) in [6.07, 6.45) is 2.03. The van der Waals surface area contributed by atoms with Gasteiger partial charge < -0.3 is 14.8 Å². The van der Waals surface area contributed by atoms with Gasteiger partial charge in [0, 0.05) is 22.7 Å². The summed E-state index contributed by atoms with van der Waals surface area (Å²) in [5, 5.41) is 3.55. The highest BCUT2D eigenvalue weighted by molar-refractivity contribution is 9.10. The molecule has 0 amide bonds. The van der Waals surface area contributed by atoms with Gasteiger partial charge in [-0.2, -0.15) is 0 Å². The van der Waals surface area contributed by atoms with Gasteiger partial charge in [-0.15, -0.1) is 0 Å². The van der Waals surface area contributed by atoms with Crippen molar-refractivity contribution in [2.75, 3.05) is 20.8 Å². The fourth-order valence-electron chi connectivity index (χ4n) is 2.78. The van der Waals surface area contributed by atoms with Crippen molar-refractivity contribution in [1.82, 2.24) is 5.32 Å². The van der Waals surface area contributed by atoms with Crippen LogP contribution in [0.2, 0.25) is 0 Å². The molecule has 1 unspecified atom stereocenters. The molecule has 1 atom stereocenters. The average Bonchev–Trinajstić information content (AvgIpc) is 2.40. The van der Waals surface area contributed by atoms with Crippen molar-refractivity contribution in [2.24, 2.45) is 0 Å². The molecule has 3 nitrogen and oxygen atoms in total. The summed E-state index contributed by atoms with van der Waals surface area (Å²) in [7, 11) is 3.47. The van der Waals surface area contributed by atoms with Crippen molar-refractivity contribution in [2.45, 2.75) is 32.7 Å². The minimum atomic E-state index is 0.351. The fourth-order valence-corrected chi connectivity index (χ4v) is 3.36. The first-order chi connectivity index (χ1) is 8.65. The summed E-state index contributed by atoms with van der Waals surface area (Å²) in [5.41, 5.74) is 3.65. The lowest BCUT2D eigenvalue weighted by molar-refractivity contribution is 0.369. The van der Waals surface area contributed by atoms with E-state index in [2.05, 4.69) is 35.1 Å². The van der Waals surface area contributed by atoms with E-state index >= 15 is 0 Å². The SMILES string of the molecule is CCC1NCCc2c(OC)c(Br)c(C)c(OC)c21. The van der Waals surface area contributed by atoms with Crippen LogP contribution in [0.1, 0.15) is 36.1 Å². The van der Waals surface area contributed by atoms with E-state index in [4.69, 9.17) is 9.47 Å². The highest BCUT2D eigenvalue weighted by atomic mass is 79.9. The number of hydrogen-bond acceptors (Lipinski definition) is 3. The summed E-state index contributed by atoms with van der Waals surface area (Å²) in [4.78, 5) is 0. The third-order valence-corrected chi connectivity index (χ3v) is 4.60. The molecule has 4 heteroatoms. The third-order valence-electron chi connectivity index (χ3n) is 3.64. The molecule has 1 N–H and O–H groups in total. The topological polar surface area (TPSA) is 30.5 Å². The number of nitrogens with one attached hydrogen (secondary N) is 1. The molecule has 0 spiro atoms. The highest BCUT2D eigenvalue weighted by Gasteiger charge is 2.29. The number of halogens is 1. The highest BCUT2D eigenvalue weighted by Crippen LogP contribution is 2.46. The Kier molecular flexibility index (Phi) is 4.17. The molecule has 1 heterocycles. The van der Waals surface area contributed by atoms with Gasteiger partial charge in [-0.1, -0.05) is 6.92 Å². The van der Waals surface area contributed by atoms with Gasteiger partial charge in [0.2, 0.25) is 0 Å². The lowest BCUT2D eigenvalue weighted by Crippen LogP contribution is -2.30. The molecule has 0 aliphatic carbocycles. The molecule has 1 aliphatic heterocycles. The van der Waals surface area contributed by atoms with E-state index in [-0.39, 0.29) is 0 Å². The summed E-state index contributed by atoms with van der Waals surface area (Å²) in [6, 6.07) is 0.351. The van der Waals surface area contributed by atoms with Crippen molar-refractivity contribution in [3.8, 4) is 11.5 Å². The first-order valence-electron chi connectivity index (χ1n) is 6.31. The second kappa shape index (κ2) is 5.49. The predicted molar refractivity (Wildman–Crippen MR) is 76.7 cm³/mol. The second-order valence-electron chi connectivity index (χ2n) is 4.56. The van der Waals surface area contributed by atoms with Gasteiger partial charge in [0.05, 0.1) is 18.7 Å². The molecule has 1 aromatic carbocycles. The van der Waals surface area contributed by atoms with Gasteiger partial charge in [0.25, 0.3) is 0 Å². The van der Waals surface area contributed by atoms with Crippen LogP contribution in [0.3, 0.4) is 0 Å². The van der Waals surface area contributed by atoms with Gasteiger partial charge in [-0.05, 0) is 42.2 Å². The van der Waals surface area contributed by atoms with Crippen LogP contribution in [0.25, 0.3) is 0 Å². The van der Waals surface area contributed by atoms with Crippen molar-refractivity contribution in [3.05, 3.63) is 21.2 Å². The van der Waals surface area contributed by atoms with Gasteiger partial charge in [-0.25, -0.2) is 0 Å². The molecule has 1 aromatic rings. The van der Waals surface area contributed by atoms with Crippen LogP contribution in [-0.4, -0.2) is 20.8 Å². The van der Waals surface area contributed by atoms with Crippen LogP contribution in [-0.2, 0) is 6.42 Å². The molecule has 18 heavy (non-hydrogen) atoms. The first kappa shape index (κ1) is 13.7. The Hall–Kier alpha value is -0.740. The summed E-state index contributed by atoms with van der Waals surface area (Å²) in [6.45, 7) is 5.24. The van der Waals surface area contributed by atoms with E-state index < -0.39 is 0 Å². The van der Waals surface area contributed by atoms with Crippen LogP contribution < -0.4 is 14.8 Å². The zero-order valence-electron chi connectivity index (χ0n) is 11.4. The number of hydrogen-bond donors (Lipinski definition) is 1. The number of methoxy groups -OCH3 is 2. The maximum Gasteiger partial charge on any atom is 0.137 e. The first-order valence-corrected chi connectivity index (χ1v) is 7.11. The Morgan fingerprint density at radius 3 is 2.50 bits per heavy atom. The van der Waals surface area contributed by atoms with E-state index in [9.17, 15) is 0 Å². The van der Waals surface area contributed by atoms with E-state index in [1.165, 1.54) is 11.1 Å². The molecular weight excluding hydrogens is 294 g/mol. The Morgan fingerprint density at radius 1 is 1.28 bits per heavy atom. The fraction of sp³-hybridized carbons (Fsp3) is 0.571. The number of fused-ring (bicyclic) bond motifs is 1. The maximum atomic E-state index is 5.63. The van der Waals surface area contributed by atoms with Crippen molar-refractivity contribution in [3.63, 3.8) is 0 Å². The molecule has 1 aliphatic rings. The van der Waals surface area contributed by atoms with E-state index in [1.807, 2.05) is 0 Å². The Bertz CT molecular complexity index is 460. The lowest BCUT2D eigenvalue weighted by Gasteiger charge is -2.31. The molecule has 2 rings (SSSR count). The van der Waals surface area contributed by atoms with Gasteiger partial charge >= 0.3 is 0 Å². The number of rotatable bonds is 3. The summed E-state index contributed by atoms with van der Waals surface area (Å²) >= 11 is 3.63. The normalized spacial score (nSPS) is 18.4. The van der Waals surface area contributed by atoms with Crippen molar-refractivity contribution < 1.29 is 9.47 Å². The summed E-state index contributed by atoms with van der Waals surface area (Å²) < 4.78 is 12.2. The van der Waals surface area contributed by atoms with Crippen LogP contribution in [0, 0.1) is 6.92 Å². The van der Waals surface area contributed by atoms with Crippen LogP contribution >= 0.6 is 15.9 Å². The lowest BCUT2D eigenvalue weighted by atomic mass is 9.89. The molecule has 0 saturated carbocycles. The van der Waals surface area contributed by atoms with Crippen LogP contribution in [0.15, 0.2) is 4.47 Å². The van der Waals surface area contributed by atoms with Crippen molar-refractivity contribution >= 4 is 15.9 Å². The van der Waals surface area contributed by atoms with Crippen LogP contribution in [0.4, 0.5) is 0 Å². The smallest absolute Gasteiger partial charge is 0.137 e. The quantitative estimate of drug-likeness (QED) is 0.928. The van der Waals surface area contributed by atoms with Gasteiger partial charge in [0.1, 0.15) is 11.5 Å². The zero-order chi connectivity index (χ0) is 13.3. The Balaban J connectivity index is 2.73. The van der Waals surface area contributed by atoms with Crippen LogP contribution in [0.5, 0.6) is 11.5 Å². The van der Waals surface area contributed by atoms with Gasteiger partial charge in [0.15, 0.2) is 0 Å². The molecule has 0 saturated heterocycles. The summed E-state index contributed by atoms with van der Waals surface area (Å²) in [5.74, 6) is 1.94. The Morgan fingerprint density at radius 2 is 1.94 bits per heavy atom. The second-order valence-corrected chi connectivity index (χ2v) is 5.36. The molecule has 0 aromatic heterocycles. The number of benzene rings is 1. The van der Waals surface area contributed by atoms with Crippen molar-refractivity contribution in [1.29, 1.82) is 0 Å². The van der Waals surface area contributed by atoms with E-state index in [0.717, 1.165) is 40.9 Å². The van der Waals surface area contributed by atoms with Gasteiger partial charge in [-0.3, -0.25) is 0 Å². The maximum absolute atomic E-state index is 5.63. The molecule has 0 radical (unpaired) electrons. The largest absolute Gasteiger partial charge is 0.496 e. The van der Waals surface area contributed by atoms with E-state index in [0.29, 0.717) is 6.04 Å². The minimum Gasteiger partial charge on any atom is -0.496 e. The standard InChI is InChI=1S/C14H20BrNO2/c1-5-10-11-9(6-7-16-10)14(18-4)12(15)8(2)13(11)17-3/h10,16H,5-7H2,1-4H3. The molecule has 0 bridgehead atoms. The number of ether oxygens (including phenoxy) is 2. The zero-order valence-corrected chi connectivity index (χ0v) is 13.0.